The van der Waals surface area contributed by atoms with E-state index < -0.39 is 6.10 Å². The molecular formula is C22H29ClN2O2. The molecule has 1 fully saturated rings. The second-order valence-electron chi connectivity index (χ2n) is 7.22. The van der Waals surface area contributed by atoms with Crippen LogP contribution < -0.4 is 10.6 Å². The van der Waals surface area contributed by atoms with Gasteiger partial charge in [0.05, 0.1) is 12.1 Å². The van der Waals surface area contributed by atoms with Crippen LogP contribution in [0, 0.1) is 0 Å². The summed E-state index contributed by atoms with van der Waals surface area (Å²) in [5, 5.41) is 17.3. The lowest BCUT2D eigenvalue weighted by Gasteiger charge is -2.27. The van der Waals surface area contributed by atoms with E-state index in [-0.39, 0.29) is 29.9 Å². The van der Waals surface area contributed by atoms with Crippen LogP contribution in [0.15, 0.2) is 60.7 Å². The van der Waals surface area contributed by atoms with Gasteiger partial charge in [0.25, 0.3) is 5.91 Å². The first-order chi connectivity index (χ1) is 12.6. The van der Waals surface area contributed by atoms with Crippen molar-refractivity contribution in [1.82, 2.24) is 10.6 Å². The second kappa shape index (κ2) is 9.88. The normalized spacial score (nSPS) is 16.7. The van der Waals surface area contributed by atoms with Crippen LogP contribution in [0.1, 0.15) is 42.1 Å². The zero-order valence-electron chi connectivity index (χ0n) is 15.7. The van der Waals surface area contributed by atoms with E-state index in [1.54, 1.807) is 12.1 Å². The molecule has 0 spiro atoms. The first-order valence-electron chi connectivity index (χ1n) is 9.45. The molecule has 5 heteroatoms. The number of hydrogen-bond acceptors (Lipinski definition) is 3. The Kier molecular flexibility index (Phi) is 7.84. The lowest BCUT2D eigenvalue weighted by Crippen LogP contribution is -2.50. The van der Waals surface area contributed by atoms with Gasteiger partial charge in [-0.3, -0.25) is 4.79 Å². The standard InChI is InChI=1S/C22H28N2O2.ClH/c1-2-22(13-14-22)23-16-20(25)19(15-17-9-5-3-6-10-17)24-21(26)18-11-7-4-8-12-18;/h3-12,19-20,23,25H,2,13-16H2,1H3,(H,24,26);1H/t19-,20+;/m0./s1. The maximum Gasteiger partial charge on any atom is 0.251 e. The third kappa shape index (κ3) is 6.06. The summed E-state index contributed by atoms with van der Waals surface area (Å²) in [6, 6.07) is 18.8. The van der Waals surface area contributed by atoms with Gasteiger partial charge in [-0.1, -0.05) is 55.5 Å². The van der Waals surface area contributed by atoms with Gasteiger partial charge in [0.1, 0.15) is 0 Å². The second-order valence-corrected chi connectivity index (χ2v) is 7.22. The summed E-state index contributed by atoms with van der Waals surface area (Å²) in [4.78, 5) is 12.6. The number of carbonyl (C=O) groups is 1. The molecule has 1 amide bonds. The molecule has 146 valence electrons. The molecule has 2 aromatic carbocycles. The Bertz CT molecular complexity index is 705. The summed E-state index contributed by atoms with van der Waals surface area (Å²) < 4.78 is 0. The number of hydrogen-bond donors (Lipinski definition) is 3. The smallest absolute Gasteiger partial charge is 0.251 e. The van der Waals surface area contributed by atoms with E-state index >= 15 is 0 Å². The number of aliphatic hydroxyl groups is 1. The zero-order chi connectivity index (χ0) is 18.4. The van der Waals surface area contributed by atoms with E-state index in [1.807, 2.05) is 48.5 Å². The topological polar surface area (TPSA) is 61.4 Å². The largest absolute Gasteiger partial charge is 0.390 e. The van der Waals surface area contributed by atoms with Crippen molar-refractivity contribution in [3.05, 3.63) is 71.8 Å². The fraction of sp³-hybridized carbons (Fsp3) is 0.409. The number of benzene rings is 2. The Hall–Kier alpha value is -1.88. The van der Waals surface area contributed by atoms with Crippen molar-refractivity contribution in [2.45, 2.75) is 50.3 Å². The van der Waals surface area contributed by atoms with E-state index in [0.717, 1.165) is 24.8 Å². The minimum Gasteiger partial charge on any atom is -0.390 e. The van der Waals surface area contributed by atoms with Crippen LogP contribution in [-0.4, -0.2) is 35.2 Å². The predicted molar refractivity (Wildman–Crippen MR) is 111 cm³/mol. The molecule has 2 atom stereocenters. The van der Waals surface area contributed by atoms with Crippen molar-refractivity contribution in [2.75, 3.05) is 6.54 Å². The minimum atomic E-state index is -0.646. The molecule has 3 N–H and O–H groups in total. The van der Waals surface area contributed by atoms with E-state index in [4.69, 9.17) is 0 Å². The SMILES string of the molecule is CCC1(NC[C@@H](O)[C@H](Cc2ccccc2)NC(=O)c2ccccc2)CC1.Cl. The predicted octanol–water partition coefficient (Wildman–Crippen LogP) is 3.34. The fourth-order valence-electron chi connectivity index (χ4n) is 3.26. The number of amides is 1. The molecule has 0 aromatic heterocycles. The van der Waals surface area contributed by atoms with E-state index in [2.05, 4.69) is 17.6 Å². The molecule has 1 aliphatic rings. The Balaban J connectivity index is 0.00000261. The monoisotopic (exact) mass is 388 g/mol. The number of halogens is 1. The molecule has 2 aromatic rings. The highest BCUT2D eigenvalue weighted by molar-refractivity contribution is 5.94. The Morgan fingerprint density at radius 2 is 1.67 bits per heavy atom. The summed E-state index contributed by atoms with van der Waals surface area (Å²) in [6.07, 6.45) is 3.35. The molecule has 0 saturated heterocycles. The lowest BCUT2D eigenvalue weighted by atomic mass is 10.00. The van der Waals surface area contributed by atoms with Gasteiger partial charge in [0.15, 0.2) is 0 Å². The molecule has 1 saturated carbocycles. The van der Waals surface area contributed by atoms with Crippen LogP contribution in [0.4, 0.5) is 0 Å². The van der Waals surface area contributed by atoms with Crippen molar-refractivity contribution in [3.8, 4) is 0 Å². The van der Waals surface area contributed by atoms with Gasteiger partial charge in [-0.05, 0) is 43.4 Å². The van der Waals surface area contributed by atoms with Crippen LogP contribution in [-0.2, 0) is 6.42 Å². The van der Waals surface area contributed by atoms with Gasteiger partial charge in [-0.2, -0.15) is 0 Å². The first kappa shape index (κ1) is 21.4. The first-order valence-corrected chi connectivity index (χ1v) is 9.45. The van der Waals surface area contributed by atoms with Crippen LogP contribution in [0.25, 0.3) is 0 Å². The van der Waals surface area contributed by atoms with Gasteiger partial charge in [-0.25, -0.2) is 0 Å². The number of β-amino-alcohol motifs (C(OH)–C–C–N with tert-alkyl or cyclic N) is 1. The Morgan fingerprint density at radius 3 is 2.22 bits per heavy atom. The van der Waals surface area contributed by atoms with Crippen LogP contribution in [0.2, 0.25) is 0 Å². The highest BCUT2D eigenvalue weighted by Crippen LogP contribution is 2.38. The highest BCUT2D eigenvalue weighted by atomic mass is 35.5. The van der Waals surface area contributed by atoms with Crippen molar-refractivity contribution in [2.24, 2.45) is 0 Å². The number of carbonyl (C=O) groups excluding carboxylic acids is 1. The average molecular weight is 389 g/mol. The van der Waals surface area contributed by atoms with E-state index in [0.29, 0.717) is 18.5 Å². The summed E-state index contributed by atoms with van der Waals surface area (Å²) in [6.45, 7) is 2.66. The summed E-state index contributed by atoms with van der Waals surface area (Å²) in [5.41, 5.74) is 1.90. The highest BCUT2D eigenvalue weighted by Gasteiger charge is 2.40. The number of nitrogens with one attached hydrogen (secondary N) is 2. The van der Waals surface area contributed by atoms with Crippen LogP contribution in [0.3, 0.4) is 0 Å². The van der Waals surface area contributed by atoms with E-state index in [9.17, 15) is 9.90 Å². The zero-order valence-corrected chi connectivity index (χ0v) is 16.5. The van der Waals surface area contributed by atoms with Gasteiger partial charge in [0, 0.05) is 17.6 Å². The molecule has 0 aliphatic heterocycles. The van der Waals surface area contributed by atoms with Gasteiger partial charge >= 0.3 is 0 Å². The summed E-state index contributed by atoms with van der Waals surface area (Å²) in [5.74, 6) is -0.151. The van der Waals surface area contributed by atoms with Crippen LogP contribution in [0.5, 0.6) is 0 Å². The third-order valence-corrected chi connectivity index (χ3v) is 5.33. The molecule has 0 radical (unpaired) electrons. The quantitative estimate of drug-likeness (QED) is 0.617. The molecule has 27 heavy (non-hydrogen) atoms. The van der Waals surface area contributed by atoms with Gasteiger partial charge in [-0.15, -0.1) is 12.4 Å². The van der Waals surface area contributed by atoms with Crippen molar-refractivity contribution < 1.29 is 9.90 Å². The molecule has 1 aliphatic carbocycles. The number of rotatable bonds is 9. The maximum absolute atomic E-state index is 12.6. The van der Waals surface area contributed by atoms with Gasteiger partial charge < -0.3 is 15.7 Å². The summed E-state index contributed by atoms with van der Waals surface area (Å²) in [7, 11) is 0. The maximum atomic E-state index is 12.6. The van der Waals surface area contributed by atoms with Crippen molar-refractivity contribution in [1.29, 1.82) is 0 Å². The summed E-state index contributed by atoms with van der Waals surface area (Å²) >= 11 is 0. The van der Waals surface area contributed by atoms with Gasteiger partial charge in [0.2, 0.25) is 0 Å². The molecule has 4 nitrogen and oxygen atoms in total. The average Bonchev–Trinajstić information content (AvgIpc) is 3.47. The Labute approximate surface area is 167 Å². The third-order valence-electron chi connectivity index (χ3n) is 5.33. The van der Waals surface area contributed by atoms with E-state index in [1.165, 1.54) is 0 Å². The molecule has 0 bridgehead atoms. The Morgan fingerprint density at radius 1 is 1.07 bits per heavy atom. The number of aliphatic hydroxyl groups excluding tert-OH is 1. The van der Waals surface area contributed by atoms with Crippen molar-refractivity contribution >= 4 is 18.3 Å². The molecule has 0 unspecified atom stereocenters. The van der Waals surface area contributed by atoms with Crippen LogP contribution >= 0.6 is 12.4 Å². The minimum absolute atomic E-state index is 0. The van der Waals surface area contributed by atoms with Crippen molar-refractivity contribution in [3.63, 3.8) is 0 Å². The lowest BCUT2D eigenvalue weighted by molar-refractivity contribution is 0.0822. The molecule has 3 rings (SSSR count). The fourth-order valence-corrected chi connectivity index (χ4v) is 3.26. The molecular weight excluding hydrogens is 360 g/mol. The molecule has 0 heterocycles.